The Morgan fingerprint density at radius 2 is 1.39 bits per heavy atom. The van der Waals surface area contributed by atoms with Crippen molar-refractivity contribution in [3.63, 3.8) is 0 Å². The number of benzene rings is 3. The van der Waals surface area contributed by atoms with Gasteiger partial charge in [0.1, 0.15) is 5.75 Å². The number of nitrogens with one attached hydrogen (secondary N) is 1. The van der Waals surface area contributed by atoms with Crippen LogP contribution in [0.5, 0.6) is 5.75 Å². The van der Waals surface area contributed by atoms with Crippen molar-refractivity contribution in [3.8, 4) is 5.75 Å². The number of hydrogen-bond acceptors (Lipinski definition) is 4. The molecule has 0 saturated carbocycles. The standard InChI is InChI=1S/C27H30N2O2/c30-20-4-7-26(21-5-2-1-3-6-21)27(23-10-14-25(31)15-11-23)22-8-12-24(13-9-22)29-18-16-28-17-19-29/h1-3,5-6,8-15,28,30-31H,4,7,16-20H2/b27-26+. The zero-order valence-corrected chi connectivity index (χ0v) is 17.8. The molecule has 31 heavy (non-hydrogen) atoms. The summed E-state index contributed by atoms with van der Waals surface area (Å²) in [6.45, 7) is 4.22. The lowest BCUT2D eigenvalue weighted by Gasteiger charge is -2.29. The van der Waals surface area contributed by atoms with Gasteiger partial charge in [-0.15, -0.1) is 0 Å². The molecule has 1 fully saturated rings. The fourth-order valence-corrected chi connectivity index (χ4v) is 4.21. The van der Waals surface area contributed by atoms with Crippen LogP contribution in [0.15, 0.2) is 78.9 Å². The van der Waals surface area contributed by atoms with E-state index < -0.39 is 0 Å². The van der Waals surface area contributed by atoms with Gasteiger partial charge in [0.15, 0.2) is 0 Å². The van der Waals surface area contributed by atoms with Gasteiger partial charge in [-0.25, -0.2) is 0 Å². The van der Waals surface area contributed by atoms with Crippen LogP contribution >= 0.6 is 0 Å². The first-order chi connectivity index (χ1) is 15.3. The number of phenols is 1. The third kappa shape index (κ3) is 5.16. The van der Waals surface area contributed by atoms with E-state index in [1.165, 1.54) is 11.3 Å². The van der Waals surface area contributed by atoms with Gasteiger partial charge in [-0.2, -0.15) is 0 Å². The molecular formula is C27H30N2O2. The Kier molecular flexibility index (Phi) is 7.03. The van der Waals surface area contributed by atoms with E-state index in [-0.39, 0.29) is 12.4 Å². The van der Waals surface area contributed by atoms with E-state index in [2.05, 4.69) is 58.7 Å². The number of aromatic hydroxyl groups is 1. The molecule has 0 amide bonds. The maximum atomic E-state index is 9.83. The molecule has 0 unspecified atom stereocenters. The summed E-state index contributed by atoms with van der Waals surface area (Å²) in [6, 6.07) is 26.6. The average Bonchev–Trinajstić information content (AvgIpc) is 2.84. The van der Waals surface area contributed by atoms with Crippen LogP contribution in [0.4, 0.5) is 5.69 Å². The highest BCUT2D eigenvalue weighted by atomic mass is 16.3. The number of nitrogens with zero attached hydrogens (tertiary/aromatic N) is 1. The number of aliphatic hydroxyl groups excluding tert-OH is 1. The van der Waals surface area contributed by atoms with Gasteiger partial charge < -0.3 is 20.4 Å². The summed E-state index contributed by atoms with van der Waals surface area (Å²) in [5.41, 5.74) is 6.95. The number of piperazine rings is 1. The smallest absolute Gasteiger partial charge is 0.115 e. The fraction of sp³-hybridized carbons (Fsp3) is 0.259. The number of aliphatic hydroxyl groups is 1. The van der Waals surface area contributed by atoms with Gasteiger partial charge in [0.25, 0.3) is 0 Å². The fourth-order valence-electron chi connectivity index (χ4n) is 4.21. The molecule has 1 heterocycles. The van der Waals surface area contributed by atoms with E-state index in [0.29, 0.717) is 6.42 Å². The molecule has 4 rings (SSSR count). The number of allylic oxidation sites excluding steroid dienone is 1. The molecule has 0 atom stereocenters. The van der Waals surface area contributed by atoms with Gasteiger partial charge in [-0.1, -0.05) is 54.6 Å². The molecule has 1 aliphatic rings. The Bertz CT molecular complexity index is 990. The maximum absolute atomic E-state index is 9.83. The van der Waals surface area contributed by atoms with E-state index in [0.717, 1.165) is 54.9 Å². The molecule has 4 nitrogen and oxygen atoms in total. The predicted molar refractivity (Wildman–Crippen MR) is 128 cm³/mol. The third-order valence-corrected chi connectivity index (χ3v) is 5.80. The van der Waals surface area contributed by atoms with Crippen LogP contribution in [-0.2, 0) is 0 Å². The second kappa shape index (κ2) is 10.3. The summed E-state index contributed by atoms with van der Waals surface area (Å²) in [7, 11) is 0. The van der Waals surface area contributed by atoms with Crippen molar-refractivity contribution in [2.45, 2.75) is 12.8 Å². The number of rotatable bonds is 7. The first kappa shape index (κ1) is 21.2. The monoisotopic (exact) mass is 414 g/mol. The van der Waals surface area contributed by atoms with Gasteiger partial charge in [-0.3, -0.25) is 0 Å². The van der Waals surface area contributed by atoms with Gasteiger partial charge >= 0.3 is 0 Å². The lowest BCUT2D eigenvalue weighted by atomic mass is 9.87. The summed E-state index contributed by atoms with van der Waals surface area (Å²) < 4.78 is 0. The minimum atomic E-state index is 0.154. The summed E-state index contributed by atoms with van der Waals surface area (Å²) >= 11 is 0. The second-order valence-electron chi connectivity index (χ2n) is 7.88. The molecule has 0 spiro atoms. The van der Waals surface area contributed by atoms with Crippen LogP contribution in [0.2, 0.25) is 0 Å². The molecule has 0 aromatic heterocycles. The van der Waals surface area contributed by atoms with E-state index in [1.54, 1.807) is 12.1 Å². The maximum Gasteiger partial charge on any atom is 0.115 e. The highest BCUT2D eigenvalue weighted by molar-refractivity contribution is 5.98. The van der Waals surface area contributed by atoms with Crippen LogP contribution in [0.3, 0.4) is 0 Å². The average molecular weight is 415 g/mol. The molecule has 0 bridgehead atoms. The molecule has 3 aromatic carbocycles. The molecule has 4 heteroatoms. The van der Waals surface area contributed by atoms with Crippen molar-refractivity contribution < 1.29 is 10.2 Å². The van der Waals surface area contributed by atoms with Crippen molar-refractivity contribution in [1.82, 2.24) is 5.32 Å². The van der Waals surface area contributed by atoms with E-state index in [1.807, 2.05) is 18.2 Å². The van der Waals surface area contributed by atoms with E-state index in [4.69, 9.17) is 0 Å². The molecule has 3 N–H and O–H groups in total. The van der Waals surface area contributed by atoms with Crippen molar-refractivity contribution in [2.24, 2.45) is 0 Å². The first-order valence-electron chi connectivity index (χ1n) is 11.0. The molecule has 160 valence electrons. The largest absolute Gasteiger partial charge is 0.508 e. The summed E-state index contributed by atoms with van der Waals surface area (Å²) in [4.78, 5) is 2.41. The number of anilines is 1. The highest BCUT2D eigenvalue weighted by Gasteiger charge is 2.16. The van der Waals surface area contributed by atoms with Crippen molar-refractivity contribution >= 4 is 16.8 Å². The Labute approximate surface area is 184 Å². The van der Waals surface area contributed by atoms with Crippen molar-refractivity contribution in [1.29, 1.82) is 0 Å². The van der Waals surface area contributed by atoms with E-state index >= 15 is 0 Å². The second-order valence-corrected chi connectivity index (χ2v) is 7.88. The van der Waals surface area contributed by atoms with Crippen molar-refractivity contribution in [2.75, 3.05) is 37.7 Å². The zero-order valence-electron chi connectivity index (χ0n) is 17.8. The third-order valence-electron chi connectivity index (χ3n) is 5.80. The van der Waals surface area contributed by atoms with Gasteiger partial charge in [0.2, 0.25) is 0 Å². The molecular weight excluding hydrogens is 384 g/mol. The summed E-state index contributed by atoms with van der Waals surface area (Å²) in [5, 5.41) is 22.8. The number of hydrogen-bond donors (Lipinski definition) is 3. The topological polar surface area (TPSA) is 55.7 Å². The summed E-state index contributed by atoms with van der Waals surface area (Å²) in [5.74, 6) is 0.258. The van der Waals surface area contributed by atoms with Gasteiger partial charge in [-0.05, 0) is 64.9 Å². The Hall–Kier alpha value is -3.08. The minimum absolute atomic E-state index is 0.154. The SMILES string of the molecule is OCCC/C(=C(\c1ccc(O)cc1)c1ccc(N2CCNCC2)cc1)c1ccccc1. The lowest BCUT2D eigenvalue weighted by molar-refractivity contribution is 0.290. The van der Waals surface area contributed by atoms with Crippen LogP contribution in [0.1, 0.15) is 29.5 Å². The van der Waals surface area contributed by atoms with Gasteiger partial charge in [0.05, 0.1) is 0 Å². The summed E-state index contributed by atoms with van der Waals surface area (Å²) in [6.07, 6.45) is 1.47. The molecule has 1 aliphatic heterocycles. The Morgan fingerprint density at radius 1 is 0.774 bits per heavy atom. The molecule has 3 aromatic rings. The molecule has 0 radical (unpaired) electrons. The van der Waals surface area contributed by atoms with E-state index in [9.17, 15) is 10.2 Å². The minimum Gasteiger partial charge on any atom is -0.508 e. The van der Waals surface area contributed by atoms with Gasteiger partial charge in [0, 0.05) is 38.5 Å². The van der Waals surface area contributed by atoms with Crippen molar-refractivity contribution in [3.05, 3.63) is 95.6 Å². The molecule has 1 saturated heterocycles. The Morgan fingerprint density at radius 3 is 2.00 bits per heavy atom. The van der Waals surface area contributed by atoms with Crippen LogP contribution in [0.25, 0.3) is 11.1 Å². The highest BCUT2D eigenvalue weighted by Crippen LogP contribution is 2.36. The van der Waals surface area contributed by atoms with Crippen LogP contribution < -0.4 is 10.2 Å². The lowest BCUT2D eigenvalue weighted by Crippen LogP contribution is -2.43. The first-order valence-corrected chi connectivity index (χ1v) is 11.0. The Balaban J connectivity index is 1.81. The quantitative estimate of drug-likeness (QED) is 0.497. The normalized spacial score (nSPS) is 14.9. The van der Waals surface area contributed by atoms with Crippen LogP contribution in [-0.4, -0.2) is 43.0 Å². The van der Waals surface area contributed by atoms with Crippen LogP contribution in [0, 0.1) is 0 Å². The molecule has 0 aliphatic carbocycles. The predicted octanol–water partition coefficient (Wildman–Crippen LogP) is 4.53. The number of phenolic OH excluding ortho intramolecular Hbond substituents is 1. The zero-order chi connectivity index (χ0) is 21.5.